The molecule has 1 aliphatic rings. The Bertz CT molecular complexity index is 1250. The van der Waals surface area contributed by atoms with Gasteiger partial charge in [-0.25, -0.2) is 4.79 Å². The Hall–Kier alpha value is -3.34. The number of amides is 2. The summed E-state index contributed by atoms with van der Waals surface area (Å²) in [5.41, 5.74) is 1.45. The largest absolute Gasteiger partial charge is 0.449 e. The lowest BCUT2D eigenvalue weighted by Crippen LogP contribution is -2.60. The summed E-state index contributed by atoms with van der Waals surface area (Å²) in [7, 11) is -3.39. The highest BCUT2D eigenvalue weighted by Crippen LogP contribution is 2.50. The van der Waals surface area contributed by atoms with Gasteiger partial charge in [0, 0.05) is 30.2 Å². The fraction of sp³-hybridized carbons (Fsp3) is 0.370. The number of hydrogen-bond acceptors (Lipinski definition) is 7. The van der Waals surface area contributed by atoms with Crippen LogP contribution in [0.3, 0.4) is 0 Å². The number of ether oxygens (including phenoxy) is 1. The number of benzene rings is 2. The topological polar surface area (TPSA) is 115 Å². The molecule has 3 aromatic rings. The first-order valence-electron chi connectivity index (χ1n) is 12.3. The summed E-state index contributed by atoms with van der Waals surface area (Å²) in [4.78, 5) is 33.8. The van der Waals surface area contributed by atoms with Gasteiger partial charge in [0.2, 0.25) is 0 Å². The highest BCUT2D eigenvalue weighted by molar-refractivity contribution is 8.25. The van der Waals surface area contributed by atoms with E-state index in [1.54, 1.807) is 58.5 Å². The van der Waals surface area contributed by atoms with Gasteiger partial charge in [-0.3, -0.25) is 28.5 Å². The maximum atomic E-state index is 13.2. The fourth-order valence-electron chi connectivity index (χ4n) is 4.55. The normalized spacial score (nSPS) is 18.7. The molecule has 1 saturated heterocycles. The van der Waals surface area contributed by atoms with Gasteiger partial charge in [0.05, 0.1) is 29.9 Å². The number of nitrogens with one attached hydrogen (secondary N) is 1. The highest BCUT2D eigenvalue weighted by Gasteiger charge is 2.36. The molecular formula is C27H34N4O5S. The minimum atomic E-state index is -3.39. The molecule has 198 valence electrons. The van der Waals surface area contributed by atoms with Crippen molar-refractivity contribution in [3.63, 3.8) is 0 Å². The summed E-state index contributed by atoms with van der Waals surface area (Å²) < 4.78 is 30.0. The average Bonchev–Trinajstić information content (AvgIpc) is 2.86. The molecule has 3 N–H and O–H groups in total. The van der Waals surface area contributed by atoms with Crippen molar-refractivity contribution < 1.29 is 23.4 Å². The van der Waals surface area contributed by atoms with Gasteiger partial charge < -0.3 is 9.64 Å². The zero-order valence-corrected chi connectivity index (χ0v) is 22.3. The number of fused-ring (bicyclic) bond motifs is 1. The lowest BCUT2D eigenvalue weighted by molar-refractivity contribution is 0.0185. The first kappa shape index (κ1) is 26.7. The highest BCUT2D eigenvalue weighted by atomic mass is 32.3. The Labute approximate surface area is 218 Å². The maximum Gasteiger partial charge on any atom is 0.410 e. The van der Waals surface area contributed by atoms with Gasteiger partial charge in [0.1, 0.15) is 4.90 Å². The third-order valence-corrected chi connectivity index (χ3v) is 7.71. The van der Waals surface area contributed by atoms with Crippen molar-refractivity contribution in [2.75, 3.05) is 24.4 Å². The number of rotatable bonds is 6. The average molecular weight is 527 g/mol. The zero-order valence-electron chi connectivity index (χ0n) is 21.5. The van der Waals surface area contributed by atoms with E-state index in [1.165, 1.54) is 0 Å². The van der Waals surface area contributed by atoms with Crippen LogP contribution in [-0.2, 0) is 4.74 Å². The maximum absolute atomic E-state index is 13.2. The van der Waals surface area contributed by atoms with E-state index in [9.17, 15) is 18.7 Å². The molecule has 2 heterocycles. The van der Waals surface area contributed by atoms with Crippen molar-refractivity contribution in [3.8, 4) is 0 Å². The number of carbonyl (C=O) groups is 2. The molecule has 1 aromatic heterocycles. The number of nitrogens with zero attached hydrogens (tertiary/aromatic N) is 3. The van der Waals surface area contributed by atoms with Crippen molar-refractivity contribution in [3.05, 3.63) is 66.4 Å². The molecule has 0 radical (unpaired) electrons. The first-order valence-corrected chi connectivity index (χ1v) is 13.9. The van der Waals surface area contributed by atoms with Crippen LogP contribution in [0.2, 0.25) is 0 Å². The molecule has 0 spiro atoms. The molecule has 0 saturated carbocycles. The zero-order chi connectivity index (χ0) is 26.7. The van der Waals surface area contributed by atoms with Crippen LogP contribution in [0.25, 0.3) is 10.9 Å². The molecule has 2 atom stereocenters. The van der Waals surface area contributed by atoms with E-state index in [0.29, 0.717) is 41.4 Å². The minimum Gasteiger partial charge on any atom is -0.449 e. The molecule has 2 aromatic carbocycles. The Morgan fingerprint density at radius 3 is 2.35 bits per heavy atom. The number of para-hydroxylation sites is 1. The Morgan fingerprint density at radius 1 is 1.05 bits per heavy atom. The summed E-state index contributed by atoms with van der Waals surface area (Å²) in [6.45, 7) is 8.95. The van der Waals surface area contributed by atoms with Crippen LogP contribution in [0, 0.1) is 5.92 Å². The van der Waals surface area contributed by atoms with E-state index in [0.717, 1.165) is 5.39 Å². The van der Waals surface area contributed by atoms with Crippen LogP contribution in [0.1, 0.15) is 38.1 Å². The quantitative estimate of drug-likeness (QED) is 0.377. The predicted molar refractivity (Wildman–Crippen MR) is 146 cm³/mol. The smallest absolute Gasteiger partial charge is 0.410 e. The van der Waals surface area contributed by atoms with Crippen LogP contribution < -0.4 is 4.72 Å². The molecule has 37 heavy (non-hydrogen) atoms. The van der Waals surface area contributed by atoms with E-state index in [-0.39, 0.29) is 30.0 Å². The van der Waals surface area contributed by atoms with Crippen LogP contribution in [0.4, 0.5) is 10.5 Å². The lowest BCUT2D eigenvalue weighted by atomic mass is 10.1. The van der Waals surface area contributed by atoms with Crippen molar-refractivity contribution in [1.82, 2.24) is 14.8 Å². The number of aromatic nitrogens is 1. The third kappa shape index (κ3) is 5.98. The molecule has 0 bridgehead atoms. The SMILES string of the molecule is CC(C)COC(=O)N1C(C)CN(C(=O)c2ccc(NS(O)(O)c3cccc4cccnc34)cc2)CC1C. The van der Waals surface area contributed by atoms with Crippen LogP contribution in [0.5, 0.6) is 0 Å². The van der Waals surface area contributed by atoms with E-state index in [4.69, 9.17) is 4.74 Å². The van der Waals surface area contributed by atoms with Gasteiger partial charge in [-0.1, -0.05) is 42.8 Å². The second-order valence-electron chi connectivity index (χ2n) is 9.85. The summed E-state index contributed by atoms with van der Waals surface area (Å²) in [6, 6.07) is 15.1. The van der Waals surface area contributed by atoms with Gasteiger partial charge in [-0.15, -0.1) is 0 Å². The minimum absolute atomic E-state index is 0.148. The second-order valence-corrected chi connectivity index (χ2v) is 11.6. The predicted octanol–water partition coefficient (Wildman–Crippen LogP) is 5.70. The molecule has 9 nitrogen and oxygen atoms in total. The molecular weight excluding hydrogens is 492 g/mol. The van der Waals surface area contributed by atoms with Crippen LogP contribution in [0.15, 0.2) is 65.7 Å². The Kier molecular flexibility index (Phi) is 7.91. The molecule has 0 aliphatic carbocycles. The van der Waals surface area contributed by atoms with E-state index < -0.39 is 10.8 Å². The lowest BCUT2D eigenvalue weighted by Gasteiger charge is -2.43. The van der Waals surface area contributed by atoms with E-state index in [2.05, 4.69) is 9.71 Å². The van der Waals surface area contributed by atoms with Gasteiger partial charge in [0.15, 0.2) is 0 Å². The summed E-state index contributed by atoms with van der Waals surface area (Å²) in [6.07, 6.45) is 1.26. The molecule has 1 aliphatic heterocycles. The van der Waals surface area contributed by atoms with Crippen molar-refractivity contribution >= 4 is 39.4 Å². The van der Waals surface area contributed by atoms with Crippen molar-refractivity contribution in [2.24, 2.45) is 5.92 Å². The van der Waals surface area contributed by atoms with Gasteiger partial charge >= 0.3 is 6.09 Å². The number of carbonyl (C=O) groups excluding carboxylic acids is 2. The third-order valence-electron chi connectivity index (χ3n) is 6.25. The number of piperazine rings is 1. The Balaban J connectivity index is 1.43. The summed E-state index contributed by atoms with van der Waals surface area (Å²) in [5, 5.41) is 0.805. The van der Waals surface area contributed by atoms with Gasteiger partial charge in [-0.2, -0.15) is 0 Å². The van der Waals surface area contributed by atoms with Crippen LogP contribution in [-0.4, -0.2) is 67.7 Å². The molecule has 2 amide bonds. The Morgan fingerprint density at radius 2 is 1.70 bits per heavy atom. The number of anilines is 1. The van der Waals surface area contributed by atoms with Crippen molar-refractivity contribution in [1.29, 1.82) is 0 Å². The van der Waals surface area contributed by atoms with Crippen LogP contribution >= 0.6 is 10.8 Å². The first-order chi connectivity index (χ1) is 17.6. The summed E-state index contributed by atoms with van der Waals surface area (Å²) in [5.74, 6) is 0.104. The standard InChI is InChI=1S/C27H34N4O5S/c1-18(2)17-36-27(33)31-19(3)15-30(16-20(31)4)26(32)22-10-12-23(13-11-22)29-37(34,35)24-9-5-7-21-8-6-14-28-25(21)24/h5-14,18-20,29,34-35H,15-17H2,1-4H3. The number of pyridine rings is 1. The summed E-state index contributed by atoms with van der Waals surface area (Å²) >= 11 is 0. The van der Waals surface area contributed by atoms with Crippen molar-refractivity contribution in [2.45, 2.75) is 44.7 Å². The molecule has 1 fully saturated rings. The van der Waals surface area contributed by atoms with Gasteiger partial charge in [0.25, 0.3) is 5.91 Å². The second kappa shape index (κ2) is 11.0. The fourth-order valence-corrected chi connectivity index (χ4v) is 5.83. The molecule has 10 heteroatoms. The molecule has 4 rings (SSSR count). The monoisotopic (exact) mass is 526 g/mol. The van der Waals surface area contributed by atoms with E-state index in [1.807, 2.05) is 39.8 Å². The molecule has 2 unspecified atom stereocenters. The number of hydrogen-bond donors (Lipinski definition) is 3. The van der Waals surface area contributed by atoms with E-state index >= 15 is 0 Å². The van der Waals surface area contributed by atoms with Gasteiger partial charge in [-0.05, 0) is 56.2 Å².